The van der Waals surface area contributed by atoms with Crippen LogP contribution in [0.5, 0.6) is 0 Å². The molecule has 2 aromatic rings. The van der Waals surface area contributed by atoms with Crippen molar-refractivity contribution in [3.63, 3.8) is 0 Å². The number of amides is 3. The van der Waals surface area contributed by atoms with Gasteiger partial charge in [-0.05, 0) is 24.6 Å². The molecule has 3 amide bonds. The van der Waals surface area contributed by atoms with Gasteiger partial charge in [-0.1, -0.05) is 67.6 Å². The minimum atomic E-state index is -0.966. The van der Waals surface area contributed by atoms with E-state index in [4.69, 9.17) is 0 Å². The van der Waals surface area contributed by atoms with Gasteiger partial charge in [0.05, 0.1) is 6.67 Å². The molecule has 0 aromatic heterocycles. The third kappa shape index (κ3) is 3.28. The quantitative estimate of drug-likeness (QED) is 0.825. The maximum Gasteiger partial charge on any atom is 0.326 e. The summed E-state index contributed by atoms with van der Waals surface area (Å²) >= 11 is 0. The fourth-order valence-electron chi connectivity index (χ4n) is 3.30. The Bertz CT molecular complexity index is 748. The van der Waals surface area contributed by atoms with Gasteiger partial charge >= 0.3 is 6.03 Å². The van der Waals surface area contributed by atoms with Crippen LogP contribution < -0.4 is 5.32 Å². The number of carbonyl (C=O) groups is 2. The Kier molecular flexibility index (Phi) is 4.86. The number of nitrogens with one attached hydrogen (secondary N) is 1. The summed E-state index contributed by atoms with van der Waals surface area (Å²) in [7, 11) is 1.90. The van der Waals surface area contributed by atoms with Crippen LogP contribution in [-0.4, -0.2) is 35.5 Å². The predicted molar refractivity (Wildman–Crippen MR) is 96.6 cm³/mol. The molecule has 2 aromatic carbocycles. The van der Waals surface area contributed by atoms with Crippen LogP contribution in [0, 0.1) is 0 Å². The molecular weight excluding hydrogens is 314 g/mol. The van der Waals surface area contributed by atoms with Crippen LogP contribution in [0.3, 0.4) is 0 Å². The normalized spacial score (nSPS) is 20.2. The zero-order valence-corrected chi connectivity index (χ0v) is 14.6. The number of hydrogen-bond donors (Lipinski definition) is 1. The zero-order valence-electron chi connectivity index (χ0n) is 14.6. The molecule has 1 saturated heterocycles. The van der Waals surface area contributed by atoms with Crippen molar-refractivity contribution in [1.82, 2.24) is 15.1 Å². The molecule has 0 unspecified atom stereocenters. The molecule has 0 saturated carbocycles. The number of carbonyl (C=O) groups excluding carboxylic acids is 2. The first-order chi connectivity index (χ1) is 12.1. The van der Waals surface area contributed by atoms with Crippen molar-refractivity contribution in [2.75, 3.05) is 13.7 Å². The average molecular weight is 337 g/mol. The Hall–Kier alpha value is -2.66. The van der Waals surface area contributed by atoms with Crippen LogP contribution in [0.25, 0.3) is 0 Å². The van der Waals surface area contributed by atoms with E-state index in [0.717, 1.165) is 11.1 Å². The second kappa shape index (κ2) is 7.07. The van der Waals surface area contributed by atoms with E-state index < -0.39 is 5.54 Å². The Morgan fingerprint density at radius 1 is 1.00 bits per heavy atom. The van der Waals surface area contributed by atoms with Gasteiger partial charge in [0.25, 0.3) is 5.91 Å². The molecule has 25 heavy (non-hydrogen) atoms. The van der Waals surface area contributed by atoms with Gasteiger partial charge in [0.2, 0.25) is 0 Å². The van der Waals surface area contributed by atoms with Gasteiger partial charge in [-0.15, -0.1) is 0 Å². The highest BCUT2D eigenvalue weighted by Crippen LogP contribution is 2.32. The fraction of sp³-hybridized carbons (Fsp3) is 0.300. The van der Waals surface area contributed by atoms with Gasteiger partial charge in [0, 0.05) is 6.54 Å². The minimum absolute atomic E-state index is 0.189. The molecule has 1 atom stereocenters. The second-order valence-electron chi connectivity index (χ2n) is 6.43. The lowest BCUT2D eigenvalue weighted by molar-refractivity contribution is -0.133. The molecule has 1 heterocycles. The maximum atomic E-state index is 13.1. The summed E-state index contributed by atoms with van der Waals surface area (Å²) in [6, 6.07) is 19.1. The van der Waals surface area contributed by atoms with E-state index in [9.17, 15) is 9.59 Å². The fourth-order valence-corrected chi connectivity index (χ4v) is 3.30. The number of nitrogens with zero attached hydrogens (tertiary/aromatic N) is 2. The molecule has 0 bridgehead atoms. The highest BCUT2D eigenvalue weighted by Gasteiger charge is 2.51. The van der Waals surface area contributed by atoms with Crippen molar-refractivity contribution < 1.29 is 9.59 Å². The van der Waals surface area contributed by atoms with Crippen LogP contribution in [-0.2, 0) is 16.9 Å². The largest absolute Gasteiger partial charge is 0.326 e. The maximum absolute atomic E-state index is 13.1. The van der Waals surface area contributed by atoms with E-state index in [-0.39, 0.29) is 18.6 Å². The summed E-state index contributed by atoms with van der Waals surface area (Å²) in [6.07, 6.45) is 0.514. The number of imide groups is 1. The van der Waals surface area contributed by atoms with Crippen molar-refractivity contribution >= 4 is 11.9 Å². The summed E-state index contributed by atoms with van der Waals surface area (Å²) in [5.41, 5.74) is 0.997. The Morgan fingerprint density at radius 2 is 1.60 bits per heavy atom. The standard InChI is InChI=1S/C20H23N3O2/c1-3-20(17-12-8-5-9-13-17)18(24)23(19(25)21-20)15-22(2)14-16-10-6-4-7-11-16/h4-13H,3,14-15H2,1-2H3,(H,21,25)/t20-/m1/s1. The van der Waals surface area contributed by atoms with Crippen molar-refractivity contribution in [3.05, 3.63) is 71.8 Å². The van der Waals surface area contributed by atoms with Crippen LogP contribution >= 0.6 is 0 Å². The van der Waals surface area contributed by atoms with E-state index >= 15 is 0 Å². The van der Waals surface area contributed by atoms with Crippen molar-refractivity contribution in [3.8, 4) is 0 Å². The average Bonchev–Trinajstić information content (AvgIpc) is 2.88. The molecular formula is C20H23N3O2. The van der Waals surface area contributed by atoms with E-state index in [1.807, 2.05) is 79.5 Å². The molecule has 3 rings (SSSR count). The lowest BCUT2D eigenvalue weighted by atomic mass is 9.87. The van der Waals surface area contributed by atoms with Gasteiger partial charge in [0.15, 0.2) is 0 Å². The van der Waals surface area contributed by atoms with E-state index in [2.05, 4.69) is 5.32 Å². The molecule has 1 fully saturated rings. The lowest BCUT2D eigenvalue weighted by Gasteiger charge is -2.27. The molecule has 0 spiro atoms. The number of benzene rings is 2. The molecule has 0 aliphatic carbocycles. The first-order valence-electron chi connectivity index (χ1n) is 8.49. The number of urea groups is 1. The molecule has 5 nitrogen and oxygen atoms in total. The van der Waals surface area contributed by atoms with Gasteiger partial charge in [-0.25, -0.2) is 9.69 Å². The SMILES string of the molecule is CC[C@]1(c2ccccc2)NC(=O)N(CN(C)Cc2ccccc2)C1=O. The minimum Gasteiger partial charge on any atom is -0.319 e. The third-order valence-corrected chi connectivity index (χ3v) is 4.65. The van der Waals surface area contributed by atoms with Crippen LogP contribution in [0.4, 0.5) is 4.79 Å². The van der Waals surface area contributed by atoms with Gasteiger partial charge in [-0.2, -0.15) is 0 Å². The molecule has 130 valence electrons. The number of hydrogen-bond acceptors (Lipinski definition) is 3. The Morgan fingerprint density at radius 3 is 2.20 bits per heavy atom. The summed E-state index contributed by atoms with van der Waals surface area (Å²) in [4.78, 5) is 28.8. The van der Waals surface area contributed by atoms with Crippen LogP contribution in [0.15, 0.2) is 60.7 Å². The Labute approximate surface area is 148 Å². The summed E-state index contributed by atoms with van der Waals surface area (Å²) in [5, 5.41) is 2.91. The van der Waals surface area contributed by atoms with Crippen LogP contribution in [0.2, 0.25) is 0 Å². The van der Waals surface area contributed by atoms with Crippen molar-refractivity contribution in [2.45, 2.75) is 25.4 Å². The Balaban J connectivity index is 1.77. The van der Waals surface area contributed by atoms with Gasteiger partial charge in [-0.3, -0.25) is 9.69 Å². The topological polar surface area (TPSA) is 52.7 Å². The van der Waals surface area contributed by atoms with Crippen LogP contribution in [0.1, 0.15) is 24.5 Å². The molecule has 1 N–H and O–H groups in total. The smallest absolute Gasteiger partial charge is 0.319 e. The van der Waals surface area contributed by atoms with Crippen molar-refractivity contribution in [2.24, 2.45) is 0 Å². The van der Waals surface area contributed by atoms with Crippen molar-refractivity contribution in [1.29, 1.82) is 0 Å². The monoisotopic (exact) mass is 337 g/mol. The zero-order chi connectivity index (χ0) is 17.9. The highest BCUT2D eigenvalue weighted by molar-refractivity contribution is 6.07. The van der Waals surface area contributed by atoms with E-state index in [0.29, 0.717) is 13.0 Å². The molecule has 1 aliphatic rings. The van der Waals surface area contributed by atoms with E-state index in [1.54, 1.807) is 0 Å². The van der Waals surface area contributed by atoms with E-state index in [1.165, 1.54) is 4.90 Å². The summed E-state index contributed by atoms with van der Waals surface area (Å²) < 4.78 is 0. The summed E-state index contributed by atoms with van der Waals surface area (Å²) in [5.74, 6) is -0.189. The molecule has 0 radical (unpaired) electrons. The van der Waals surface area contributed by atoms with Gasteiger partial charge in [0.1, 0.15) is 5.54 Å². The third-order valence-electron chi connectivity index (χ3n) is 4.65. The highest BCUT2D eigenvalue weighted by atomic mass is 16.2. The molecule has 5 heteroatoms. The first-order valence-corrected chi connectivity index (χ1v) is 8.49. The first kappa shape index (κ1) is 17.2. The lowest BCUT2D eigenvalue weighted by Crippen LogP contribution is -2.44. The predicted octanol–water partition coefficient (Wildman–Crippen LogP) is 2.93. The summed E-state index contributed by atoms with van der Waals surface area (Å²) in [6.45, 7) is 2.85. The number of rotatable bonds is 6. The molecule has 1 aliphatic heterocycles. The van der Waals surface area contributed by atoms with Gasteiger partial charge < -0.3 is 5.32 Å². The second-order valence-corrected chi connectivity index (χ2v) is 6.43.